The molecule has 3 aliphatic heterocycles. The van der Waals surface area contributed by atoms with Crippen LogP contribution in [-0.2, 0) is 0 Å². The Labute approximate surface area is 130 Å². The van der Waals surface area contributed by atoms with Crippen LogP contribution in [0.3, 0.4) is 0 Å². The van der Waals surface area contributed by atoms with Gasteiger partial charge in [0, 0.05) is 17.1 Å². The standard InChI is InChI=1S/C15H16BrN3O2/c16-10-1-2-11-13(7-10)21-18-14(11)15(20)17-12-8-19-5-3-9(12)4-6-19/h1-2,7,9,12H,3-6,8H2,(H,17,20)/t12-/m1/s1. The van der Waals surface area contributed by atoms with E-state index in [4.69, 9.17) is 4.52 Å². The van der Waals surface area contributed by atoms with Gasteiger partial charge >= 0.3 is 0 Å². The predicted molar refractivity (Wildman–Crippen MR) is 82.1 cm³/mol. The normalized spacial score (nSPS) is 28.0. The second-order valence-corrected chi connectivity index (χ2v) is 6.81. The molecule has 1 N–H and O–H groups in total. The lowest BCUT2D eigenvalue weighted by molar-refractivity contribution is 0.0616. The van der Waals surface area contributed by atoms with Crippen molar-refractivity contribution in [2.75, 3.05) is 19.6 Å². The summed E-state index contributed by atoms with van der Waals surface area (Å²) in [5.74, 6) is 0.473. The van der Waals surface area contributed by atoms with Gasteiger partial charge in [0.15, 0.2) is 11.3 Å². The van der Waals surface area contributed by atoms with E-state index in [9.17, 15) is 4.79 Å². The molecule has 3 aliphatic rings. The van der Waals surface area contributed by atoms with E-state index in [1.165, 1.54) is 12.8 Å². The first-order chi connectivity index (χ1) is 10.2. The van der Waals surface area contributed by atoms with Crippen LogP contribution in [0.4, 0.5) is 0 Å². The van der Waals surface area contributed by atoms with E-state index in [1.54, 1.807) is 0 Å². The van der Waals surface area contributed by atoms with Gasteiger partial charge in [-0.05, 0) is 50.0 Å². The Kier molecular flexibility index (Phi) is 3.23. The van der Waals surface area contributed by atoms with Crippen molar-refractivity contribution in [2.24, 2.45) is 5.92 Å². The SMILES string of the molecule is O=C(N[C@@H]1CN2CCC1CC2)c1noc2cc(Br)ccc12. The molecule has 0 spiro atoms. The lowest BCUT2D eigenvalue weighted by Gasteiger charge is -2.44. The number of nitrogens with zero attached hydrogens (tertiary/aromatic N) is 2. The molecule has 2 aromatic rings. The topological polar surface area (TPSA) is 58.4 Å². The van der Waals surface area contributed by atoms with Crippen LogP contribution in [-0.4, -0.2) is 41.6 Å². The van der Waals surface area contributed by atoms with Gasteiger partial charge in [-0.15, -0.1) is 0 Å². The molecule has 0 unspecified atom stereocenters. The van der Waals surface area contributed by atoms with Crippen molar-refractivity contribution in [1.82, 2.24) is 15.4 Å². The first-order valence-electron chi connectivity index (χ1n) is 7.29. The number of amides is 1. The zero-order valence-electron chi connectivity index (χ0n) is 11.5. The summed E-state index contributed by atoms with van der Waals surface area (Å²) in [6, 6.07) is 5.82. The fourth-order valence-electron chi connectivity index (χ4n) is 3.44. The highest BCUT2D eigenvalue weighted by atomic mass is 79.9. The van der Waals surface area contributed by atoms with Crippen molar-refractivity contribution in [3.63, 3.8) is 0 Å². The zero-order chi connectivity index (χ0) is 14.4. The summed E-state index contributed by atoms with van der Waals surface area (Å²) in [6.07, 6.45) is 2.36. The van der Waals surface area contributed by atoms with Crippen molar-refractivity contribution in [3.8, 4) is 0 Å². The number of hydrogen-bond donors (Lipinski definition) is 1. The Hall–Kier alpha value is -1.40. The second kappa shape index (κ2) is 5.10. The van der Waals surface area contributed by atoms with E-state index in [0.29, 0.717) is 17.2 Å². The molecule has 4 heterocycles. The third-order valence-electron chi connectivity index (χ3n) is 4.62. The van der Waals surface area contributed by atoms with Crippen LogP contribution in [0.25, 0.3) is 11.0 Å². The number of carbonyl (C=O) groups excluding carboxylic acids is 1. The number of piperidine rings is 3. The van der Waals surface area contributed by atoms with E-state index in [-0.39, 0.29) is 11.9 Å². The third kappa shape index (κ3) is 2.36. The van der Waals surface area contributed by atoms with Crippen LogP contribution >= 0.6 is 15.9 Å². The van der Waals surface area contributed by atoms with Gasteiger partial charge in [0.25, 0.3) is 5.91 Å². The van der Waals surface area contributed by atoms with Gasteiger partial charge in [0.05, 0.1) is 5.39 Å². The molecule has 0 radical (unpaired) electrons. The molecule has 21 heavy (non-hydrogen) atoms. The summed E-state index contributed by atoms with van der Waals surface area (Å²) >= 11 is 3.39. The van der Waals surface area contributed by atoms with E-state index in [2.05, 4.69) is 31.3 Å². The van der Waals surface area contributed by atoms with Gasteiger partial charge in [0.2, 0.25) is 0 Å². The third-order valence-corrected chi connectivity index (χ3v) is 5.12. The summed E-state index contributed by atoms with van der Waals surface area (Å²) in [4.78, 5) is 14.9. The second-order valence-electron chi connectivity index (χ2n) is 5.89. The van der Waals surface area contributed by atoms with Gasteiger partial charge in [-0.25, -0.2) is 0 Å². The molecule has 110 valence electrons. The molecule has 1 aromatic heterocycles. The number of halogens is 1. The summed E-state index contributed by atoms with van der Waals surface area (Å²) in [6.45, 7) is 3.29. The van der Waals surface area contributed by atoms with Crippen molar-refractivity contribution in [2.45, 2.75) is 18.9 Å². The molecule has 1 amide bonds. The van der Waals surface area contributed by atoms with Crippen LogP contribution in [0.5, 0.6) is 0 Å². The molecule has 1 aromatic carbocycles. The maximum absolute atomic E-state index is 12.5. The summed E-state index contributed by atoms with van der Waals surface area (Å²) in [5, 5.41) is 7.85. The van der Waals surface area contributed by atoms with Gasteiger partial charge in [-0.2, -0.15) is 0 Å². The van der Waals surface area contributed by atoms with Gasteiger partial charge in [-0.3, -0.25) is 4.79 Å². The van der Waals surface area contributed by atoms with Crippen LogP contribution in [0.1, 0.15) is 23.3 Å². The highest BCUT2D eigenvalue weighted by Crippen LogP contribution is 2.28. The monoisotopic (exact) mass is 349 g/mol. The van der Waals surface area contributed by atoms with E-state index in [0.717, 1.165) is 29.5 Å². The van der Waals surface area contributed by atoms with Gasteiger partial charge < -0.3 is 14.7 Å². The fraction of sp³-hybridized carbons (Fsp3) is 0.467. The number of carbonyl (C=O) groups is 1. The minimum absolute atomic E-state index is 0.130. The number of aromatic nitrogens is 1. The van der Waals surface area contributed by atoms with Gasteiger partial charge in [0.1, 0.15) is 0 Å². The van der Waals surface area contributed by atoms with Crippen LogP contribution in [0.15, 0.2) is 27.2 Å². The number of benzene rings is 1. The Morgan fingerprint density at radius 2 is 2.19 bits per heavy atom. The Balaban J connectivity index is 1.56. The Morgan fingerprint density at radius 1 is 1.38 bits per heavy atom. The molecule has 6 heteroatoms. The number of rotatable bonds is 2. The molecule has 3 saturated heterocycles. The van der Waals surface area contributed by atoms with Crippen LogP contribution in [0.2, 0.25) is 0 Å². The van der Waals surface area contributed by atoms with Crippen molar-refractivity contribution < 1.29 is 9.32 Å². The Bertz CT molecular complexity index is 691. The first kappa shape index (κ1) is 13.3. The summed E-state index contributed by atoms with van der Waals surface area (Å²) in [7, 11) is 0. The molecular weight excluding hydrogens is 334 g/mol. The predicted octanol–water partition coefficient (Wildman–Crippen LogP) is 2.41. The highest BCUT2D eigenvalue weighted by molar-refractivity contribution is 9.10. The first-order valence-corrected chi connectivity index (χ1v) is 8.08. The molecule has 0 saturated carbocycles. The van der Waals surface area contributed by atoms with Gasteiger partial charge in [-0.1, -0.05) is 21.1 Å². The molecular formula is C15H16BrN3O2. The average molecular weight is 350 g/mol. The smallest absolute Gasteiger partial charge is 0.274 e. The minimum Gasteiger partial charge on any atom is -0.355 e. The molecule has 2 bridgehead atoms. The van der Waals surface area contributed by atoms with Crippen LogP contribution < -0.4 is 5.32 Å². The summed E-state index contributed by atoms with van der Waals surface area (Å²) < 4.78 is 6.16. The average Bonchev–Trinajstić information content (AvgIpc) is 2.91. The van der Waals surface area contributed by atoms with E-state index >= 15 is 0 Å². The van der Waals surface area contributed by atoms with E-state index < -0.39 is 0 Å². The maximum atomic E-state index is 12.5. The molecule has 5 nitrogen and oxygen atoms in total. The molecule has 1 atom stereocenters. The largest absolute Gasteiger partial charge is 0.355 e. The lowest BCUT2D eigenvalue weighted by atomic mass is 9.84. The molecule has 3 fully saturated rings. The zero-order valence-corrected chi connectivity index (χ0v) is 13.1. The summed E-state index contributed by atoms with van der Waals surface area (Å²) in [5.41, 5.74) is 1.01. The van der Waals surface area contributed by atoms with Crippen LogP contribution in [0, 0.1) is 5.92 Å². The number of nitrogens with one attached hydrogen (secondary N) is 1. The lowest BCUT2D eigenvalue weighted by Crippen LogP contribution is -2.57. The maximum Gasteiger partial charge on any atom is 0.274 e. The minimum atomic E-state index is -0.130. The number of fused-ring (bicyclic) bond motifs is 4. The van der Waals surface area contributed by atoms with Crippen molar-refractivity contribution in [1.29, 1.82) is 0 Å². The van der Waals surface area contributed by atoms with E-state index in [1.807, 2.05) is 18.2 Å². The molecule has 0 aliphatic carbocycles. The quantitative estimate of drug-likeness (QED) is 0.904. The van der Waals surface area contributed by atoms with Crippen molar-refractivity contribution in [3.05, 3.63) is 28.4 Å². The fourth-order valence-corrected chi connectivity index (χ4v) is 3.78. The highest BCUT2D eigenvalue weighted by Gasteiger charge is 2.35. The number of hydrogen-bond acceptors (Lipinski definition) is 4. The van der Waals surface area contributed by atoms with Crippen molar-refractivity contribution >= 4 is 32.8 Å². The molecule has 5 rings (SSSR count). The Morgan fingerprint density at radius 3 is 2.90 bits per heavy atom.